The van der Waals surface area contributed by atoms with Gasteiger partial charge in [0.15, 0.2) is 11.5 Å². The summed E-state index contributed by atoms with van der Waals surface area (Å²) in [5, 5.41) is 10.3. The van der Waals surface area contributed by atoms with E-state index in [-0.39, 0.29) is 5.69 Å². The predicted octanol–water partition coefficient (Wildman–Crippen LogP) is 3.08. The lowest BCUT2D eigenvalue weighted by atomic mass is 10.1. The van der Waals surface area contributed by atoms with Crippen LogP contribution >= 0.6 is 0 Å². The number of aromatic nitrogens is 4. The van der Waals surface area contributed by atoms with E-state index in [1.807, 2.05) is 25.1 Å². The number of benzene rings is 1. The zero-order valence-electron chi connectivity index (χ0n) is 12.9. The van der Waals surface area contributed by atoms with E-state index in [9.17, 15) is 13.6 Å². The molecule has 0 aliphatic heterocycles. The second-order valence-electron chi connectivity index (χ2n) is 5.30. The fourth-order valence-corrected chi connectivity index (χ4v) is 2.26. The first kappa shape index (κ1) is 15.9. The molecule has 3 aromatic rings. The van der Waals surface area contributed by atoms with Crippen LogP contribution in [0, 0.1) is 6.92 Å². The number of aryl methyl sites for hydroxylation is 1. The first-order chi connectivity index (χ1) is 11.5. The fourth-order valence-electron chi connectivity index (χ4n) is 2.26. The van der Waals surface area contributed by atoms with Gasteiger partial charge in [-0.2, -0.15) is 19.0 Å². The monoisotopic (exact) mass is 331 g/mol. The maximum atomic E-state index is 12.5. The normalized spacial score (nSPS) is 11.0. The summed E-state index contributed by atoms with van der Waals surface area (Å²) in [6.07, 6.45) is 2.78. The quantitative estimate of drug-likeness (QED) is 0.781. The summed E-state index contributed by atoms with van der Waals surface area (Å²) >= 11 is 0. The number of rotatable bonds is 5. The van der Waals surface area contributed by atoms with Crippen molar-refractivity contribution in [2.45, 2.75) is 20.0 Å². The molecule has 8 heteroatoms. The number of alkyl halides is 2. The third-order valence-corrected chi connectivity index (χ3v) is 3.35. The molecule has 0 aliphatic carbocycles. The van der Waals surface area contributed by atoms with Crippen molar-refractivity contribution in [3.05, 3.63) is 65.6 Å². The van der Waals surface area contributed by atoms with Crippen molar-refractivity contribution in [3.8, 4) is 0 Å². The Morgan fingerprint density at radius 2 is 2.04 bits per heavy atom. The van der Waals surface area contributed by atoms with Crippen LogP contribution in [0.5, 0.6) is 0 Å². The van der Waals surface area contributed by atoms with Crippen LogP contribution in [0.3, 0.4) is 0 Å². The van der Waals surface area contributed by atoms with Crippen LogP contribution in [-0.2, 0) is 6.54 Å². The van der Waals surface area contributed by atoms with E-state index in [0.717, 1.165) is 17.3 Å². The van der Waals surface area contributed by atoms with Gasteiger partial charge in [0.25, 0.3) is 5.91 Å². The molecule has 0 aliphatic rings. The van der Waals surface area contributed by atoms with Gasteiger partial charge in [-0.1, -0.05) is 29.8 Å². The molecule has 0 spiro atoms. The molecule has 0 bridgehead atoms. The lowest BCUT2D eigenvalue weighted by Gasteiger charge is -2.03. The van der Waals surface area contributed by atoms with E-state index in [1.54, 1.807) is 16.9 Å². The van der Waals surface area contributed by atoms with Crippen LogP contribution < -0.4 is 5.32 Å². The summed E-state index contributed by atoms with van der Waals surface area (Å²) < 4.78 is 27.0. The summed E-state index contributed by atoms with van der Waals surface area (Å²) in [6.45, 7) is -0.200. The largest absolute Gasteiger partial charge is 0.333 e. The number of carbonyl (C=O) groups is 1. The van der Waals surface area contributed by atoms with Crippen LogP contribution in [0.25, 0.3) is 0 Å². The van der Waals surface area contributed by atoms with E-state index in [4.69, 9.17) is 0 Å². The maximum Gasteiger partial charge on any atom is 0.333 e. The van der Waals surface area contributed by atoms with Crippen molar-refractivity contribution >= 4 is 11.7 Å². The summed E-state index contributed by atoms with van der Waals surface area (Å²) in [5.74, 6) is -0.255. The van der Waals surface area contributed by atoms with Gasteiger partial charge in [0.2, 0.25) is 0 Å². The van der Waals surface area contributed by atoms with Crippen LogP contribution in [0.2, 0.25) is 0 Å². The standard InChI is InChI=1S/C16H15F2N5O/c1-11-3-2-4-12(9-11)10-22-7-6-14(21-22)19-15(24)13-5-8-23(20-13)16(17)18/h2-9,16H,10H2,1H3,(H,19,21,24). The number of amides is 1. The van der Waals surface area contributed by atoms with Gasteiger partial charge in [-0.15, -0.1) is 0 Å². The van der Waals surface area contributed by atoms with Crippen LogP contribution in [0.4, 0.5) is 14.6 Å². The van der Waals surface area contributed by atoms with Crippen LogP contribution in [0.1, 0.15) is 28.2 Å². The van der Waals surface area contributed by atoms with Crippen molar-refractivity contribution in [1.82, 2.24) is 19.6 Å². The number of nitrogens with one attached hydrogen (secondary N) is 1. The van der Waals surface area contributed by atoms with E-state index in [1.165, 1.54) is 6.07 Å². The Kier molecular flexibility index (Phi) is 4.37. The van der Waals surface area contributed by atoms with Crippen LogP contribution in [-0.4, -0.2) is 25.5 Å². The molecule has 2 heterocycles. The lowest BCUT2D eigenvalue weighted by molar-refractivity contribution is 0.0561. The first-order valence-corrected chi connectivity index (χ1v) is 7.25. The molecule has 0 atom stereocenters. The Bertz CT molecular complexity index is 856. The third-order valence-electron chi connectivity index (χ3n) is 3.35. The van der Waals surface area contributed by atoms with E-state index in [0.29, 0.717) is 17.0 Å². The number of anilines is 1. The topological polar surface area (TPSA) is 64.7 Å². The molecule has 0 saturated carbocycles. The molecule has 0 fully saturated rings. The summed E-state index contributed by atoms with van der Waals surface area (Å²) in [7, 11) is 0. The zero-order chi connectivity index (χ0) is 17.1. The average molecular weight is 331 g/mol. The molecule has 2 aromatic heterocycles. The van der Waals surface area contributed by atoms with Gasteiger partial charge in [-0.3, -0.25) is 9.48 Å². The summed E-state index contributed by atoms with van der Waals surface area (Å²) in [4.78, 5) is 12.0. The molecule has 1 aromatic carbocycles. The second-order valence-corrected chi connectivity index (χ2v) is 5.30. The molecule has 0 radical (unpaired) electrons. The Hall–Kier alpha value is -3.03. The smallest absolute Gasteiger partial charge is 0.304 e. The molecule has 1 amide bonds. The maximum absolute atomic E-state index is 12.5. The highest BCUT2D eigenvalue weighted by molar-refractivity contribution is 6.02. The SMILES string of the molecule is Cc1cccc(Cn2ccc(NC(=O)c3ccn(C(F)F)n3)n2)c1. The minimum Gasteiger partial charge on any atom is -0.304 e. The number of halogens is 2. The molecular weight excluding hydrogens is 316 g/mol. The van der Waals surface area contributed by atoms with Gasteiger partial charge in [-0.05, 0) is 18.6 Å². The average Bonchev–Trinajstić information content (AvgIpc) is 3.17. The van der Waals surface area contributed by atoms with Gasteiger partial charge < -0.3 is 5.32 Å². The van der Waals surface area contributed by atoms with Gasteiger partial charge >= 0.3 is 6.55 Å². The molecule has 1 N–H and O–H groups in total. The molecule has 124 valence electrons. The molecule has 3 rings (SSSR count). The Morgan fingerprint density at radius 3 is 2.75 bits per heavy atom. The molecule has 24 heavy (non-hydrogen) atoms. The van der Waals surface area contributed by atoms with Crippen molar-refractivity contribution in [3.63, 3.8) is 0 Å². The number of carbonyl (C=O) groups excluding carboxylic acids is 1. The van der Waals surface area contributed by atoms with Crippen LogP contribution in [0.15, 0.2) is 48.8 Å². The highest BCUT2D eigenvalue weighted by Crippen LogP contribution is 2.11. The molecule has 0 saturated heterocycles. The highest BCUT2D eigenvalue weighted by Gasteiger charge is 2.14. The Morgan fingerprint density at radius 1 is 1.21 bits per heavy atom. The summed E-state index contributed by atoms with van der Waals surface area (Å²) in [6, 6.07) is 10.9. The van der Waals surface area contributed by atoms with E-state index >= 15 is 0 Å². The number of hydrogen-bond acceptors (Lipinski definition) is 3. The Balaban J connectivity index is 1.66. The molecule has 0 unspecified atom stereocenters. The molecule has 6 nitrogen and oxygen atoms in total. The fraction of sp³-hybridized carbons (Fsp3) is 0.188. The minimum absolute atomic E-state index is 0.0939. The molecular formula is C16H15F2N5O. The van der Waals surface area contributed by atoms with Gasteiger partial charge in [0, 0.05) is 18.5 Å². The second kappa shape index (κ2) is 6.61. The van der Waals surface area contributed by atoms with E-state index in [2.05, 4.69) is 21.6 Å². The highest BCUT2D eigenvalue weighted by atomic mass is 19.3. The third kappa shape index (κ3) is 3.65. The van der Waals surface area contributed by atoms with Crippen molar-refractivity contribution in [1.29, 1.82) is 0 Å². The van der Waals surface area contributed by atoms with Crippen molar-refractivity contribution in [2.75, 3.05) is 5.32 Å². The van der Waals surface area contributed by atoms with Gasteiger partial charge in [0.05, 0.1) is 6.54 Å². The predicted molar refractivity (Wildman–Crippen MR) is 83.9 cm³/mol. The van der Waals surface area contributed by atoms with Gasteiger partial charge in [-0.25, -0.2) is 4.68 Å². The summed E-state index contributed by atoms with van der Waals surface area (Å²) in [5.41, 5.74) is 2.15. The lowest BCUT2D eigenvalue weighted by Crippen LogP contribution is -2.14. The van der Waals surface area contributed by atoms with Crippen molar-refractivity contribution in [2.24, 2.45) is 0 Å². The number of nitrogens with zero attached hydrogens (tertiary/aromatic N) is 4. The van der Waals surface area contributed by atoms with E-state index < -0.39 is 12.5 Å². The Labute approximate surface area is 136 Å². The number of hydrogen-bond donors (Lipinski definition) is 1. The van der Waals surface area contributed by atoms with Gasteiger partial charge in [0.1, 0.15) is 0 Å². The van der Waals surface area contributed by atoms with Crippen molar-refractivity contribution < 1.29 is 13.6 Å². The first-order valence-electron chi connectivity index (χ1n) is 7.25. The zero-order valence-corrected chi connectivity index (χ0v) is 12.9. The minimum atomic E-state index is -2.78.